The van der Waals surface area contributed by atoms with E-state index in [0.29, 0.717) is 48.7 Å². The summed E-state index contributed by atoms with van der Waals surface area (Å²) in [5.41, 5.74) is 1.39. The van der Waals surface area contributed by atoms with E-state index in [0.717, 1.165) is 0 Å². The first kappa shape index (κ1) is 19.1. The lowest BCUT2D eigenvalue weighted by Crippen LogP contribution is -2.50. The molecule has 2 aromatic rings. The maximum atomic E-state index is 12.8. The van der Waals surface area contributed by atoms with E-state index in [1.165, 1.54) is 24.3 Å². The van der Waals surface area contributed by atoms with Gasteiger partial charge in [0.05, 0.1) is 4.92 Å². The highest BCUT2D eigenvalue weighted by molar-refractivity contribution is 7.90. The average Bonchev–Trinajstić information content (AvgIpc) is 2.98. The van der Waals surface area contributed by atoms with Crippen molar-refractivity contribution in [2.24, 2.45) is 4.40 Å². The van der Waals surface area contributed by atoms with Gasteiger partial charge in [-0.1, -0.05) is 12.1 Å². The standard InChI is InChI=1S/C19H18N4O5S/c1-13-12-14(6-7-16(13)23(25)26)19(24)22-10-8-21(9-11-22)18-15-4-2-3-5-17(15)29(27,28)20-18/h2-7,12H,8-11H2,1H3. The molecule has 0 saturated carbocycles. The molecule has 150 valence electrons. The molecule has 0 spiro atoms. The Morgan fingerprint density at radius 3 is 2.45 bits per heavy atom. The average molecular weight is 414 g/mol. The maximum absolute atomic E-state index is 12.8. The monoisotopic (exact) mass is 414 g/mol. The molecule has 0 aromatic heterocycles. The molecule has 10 heteroatoms. The van der Waals surface area contributed by atoms with E-state index < -0.39 is 14.9 Å². The van der Waals surface area contributed by atoms with Gasteiger partial charge in [0, 0.05) is 48.9 Å². The third kappa shape index (κ3) is 3.35. The van der Waals surface area contributed by atoms with Crippen LogP contribution in [0.2, 0.25) is 0 Å². The van der Waals surface area contributed by atoms with E-state index in [1.54, 1.807) is 30.0 Å². The summed E-state index contributed by atoms with van der Waals surface area (Å²) in [4.78, 5) is 27.0. The molecule has 0 unspecified atom stereocenters. The van der Waals surface area contributed by atoms with Crippen LogP contribution in [0.3, 0.4) is 0 Å². The summed E-state index contributed by atoms with van der Waals surface area (Å²) in [6.07, 6.45) is 0. The van der Waals surface area contributed by atoms with Crippen LogP contribution in [-0.4, -0.2) is 61.1 Å². The number of benzene rings is 2. The lowest BCUT2D eigenvalue weighted by molar-refractivity contribution is -0.385. The van der Waals surface area contributed by atoms with Crippen LogP contribution in [0.5, 0.6) is 0 Å². The number of amidine groups is 1. The second-order valence-corrected chi connectivity index (χ2v) is 8.50. The number of aryl methyl sites for hydroxylation is 1. The van der Waals surface area contributed by atoms with Crippen molar-refractivity contribution < 1.29 is 18.1 Å². The van der Waals surface area contributed by atoms with Gasteiger partial charge in [-0.15, -0.1) is 4.40 Å². The van der Waals surface area contributed by atoms with E-state index in [4.69, 9.17) is 0 Å². The first-order chi connectivity index (χ1) is 13.8. The molecule has 0 aliphatic carbocycles. The summed E-state index contributed by atoms with van der Waals surface area (Å²) >= 11 is 0. The Bertz CT molecular complexity index is 1150. The summed E-state index contributed by atoms with van der Waals surface area (Å²) in [5, 5.41) is 11.0. The summed E-state index contributed by atoms with van der Waals surface area (Å²) in [6, 6.07) is 11.0. The normalized spacial score (nSPS) is 17.6. The Kier molecular flexibility index (Phi) is 4.58. The third-order valence-corrected chi connectivity index (χ3v) is 6.44. The Hall–Kier alpha value is -3.27. The molecule has 29 heavy (non-hydrogen) atoms. The fraction of sp³-hybridized carbons (Fsp3) is 0.263. The maximum Gasteiger partial charge on any atom is 0.285 e. The van der Waals surface area contributed by atoms with Gasteiger partial charge < -0.3 is 9.80 Å². The zero-order valence-electron chi connectivity index (χ0n) is 15.6. The largest absolute Gasteiger partial charge is 0.352 e. The quantitative estimate of drug-likeness (QED) is 0.547. The van der Waals surface area contributed by atoms with Crippen molar-refractivity contribution in [3.8, 4) is 0 Å². The highest BCUT2D eigenvalue weighted by Crippen LogP contribution is 2.28. The van der Waals surface area contributed by atoms with Crippen LogP contribution in [0, 0.1) is 17.0 Å². The Morgan fingerprint density at radius 2 is 1.79 bits per heavy atom. The van der Waals surface area contributed by atoms with Crippen LogP contribution in [0.4, 0.5) is 5.69 Å². The highest BCUT2D eigenvalue weighted by Gasteiger charge is 2.33. The fourth-order valence-corrected chi connectivity index (χ4v) is 4.84. The smallest absolute Gasteiger partial charge is 0.285 e. The lowest BCUT2D eigenvalue weighted by Gasteiger charge is -2.35. The number of carbonyl (C=O) groups excluding carboxylic acids is 1. The van der Waals surface area contributed by atoms with Gasteiger partial charge in [-0.25, -0.2) is 0 Å². The molecule has 1 saturated heterocycles. The van der Waals surface area contributed by atoms with Gasteiger partial charge in [-0.2, -0.15) is 8.42 Å². The molecule has 2 aliphatic rings. The van der Waals surface area contributed by atoms with Gasteiger partial charge in [-0.05, 0) is 31.2 Å². The first-order valence-corrected chi connectivity index (χ1v) is 10.5. The molecule has 1 amide bonds. The van der Waals surface area contributed by atoms with Crippen molar-refractivity contribution in [1.82, 2.24) is 9.80 Å². The predicted octanol–water partition coefficient (Wildman–Crippen LogP) is 1.81. The third-order valence-electron chi connectivity index (χ3n) is 5.12. The molecule has 0 N–H and O–H groups in total. The second-order valence-electron chi connectivity index (χ2n) is 6.92. The van der Waals surface area contributed by atoms with Crippen molar-refractivity contribution in [2.75, 3.05) is 26.2 Å². The van der Waals surface area contributed by atoms with Crippen LogP contribution in [0.15, 0.2) is 51.8 Å². The Balaban J connectivity index is 1.49. The predicted molar refractivity (Wildman–Crippen MR) is 105 cm³/mol. The number of fused-ring (bicyclic) bond motifs is 1. The number of hydrogen-bond acceptors (Lipinski definition) is 6. The van der Waals surface area contributed by atoms with Crippen molar-refractivity contribution in [3.63, 3.8) is 0 Å². The molecule has 0 bridgehead atoms. The van der Waals surface area contributed by atoms with Gasteiger partial charge in [-0.3, -0.25) is 14.9 Å². The molecule has 9 nitrogen and oxygen atoms in total. The van der Waals surface area contributed by atoms with Gasteiger partial charge >= 0.3 is 0 Å². The minimum atomic E-state index is -3.68. The summed E-state index contributed by atoms with van der Waals surface area (Å²) in [7, 11) is -3.68. The SMILES string of the molecule is Cc1cc(C(=O)N2CCN(C3=NS(=O)(=O)c4ccccc43)CC2)ccc1[N+](=O)[O-]. The number of rotatable bonds is 2. The Labute approximate surface area is 167 Å². The number of piperazine rings is 1. The topological polar surface area (TPSA) is 113 Å². The zero-order valence-corrected chi connectivity index (χ0v) is 16.4. The first-order valence-electron chi connectivity index (χ1n) is 9.01. The van der Waals surface area contributed by atoms with Crippen molar-refractivity contribution in [2.45, 2.75) is 11.8 Å². The van der Waals surface area contributed by atoms with Crippen molar-refractivity contribution >= 4 is 27.5 Å². The Morgan fingerprint density at radius 1 is 1.10 bits per heavy atom. The number of hydrogen-bond donors (Lipinski definition) is 0. The lowest BCUT2D eigenvalue weighted by atomic mass is 10.1. The van der Waals surface area contributed by atoms with E-state index in [-0.39, 0.29) is 16.5 Å². The van der Waals surface area contributed by atoms with Crippen LogP contribution in [-0.2, 0) is 10.0 Å². The van der Waals surface area contributed by atoms with E-state index in [9.17, 15) is 23.3 Å². The number of carbonyl (C=O) groups is 1. The van der Waals surface area contributed by atoms with Gasteiger partial charge in [0.2, 0.25) is 0 Å². The molecule has 0 atom stereocenters. The van der Waals surface area contributed by atoms with Gasteiger partial charge in [0.1, 0.15) is 4.90 Å². The van der Waals surface area contributed by atoms with Crippen molar-refractivity contribution in [3.05, 3.63) is 69.3 Å². The minimum Gasteiger partial charge on any atom is -0.352 e. The molecule has 2 aromatic carbocycles. The van der Waals surface area contributed by atoms with Crippen molar-refractivity contribution in [1.29, 1.82) is 0 Å². The molecule has 4 rings (SSSR count). The van der Waals surface area contributed by atoms with Crippen LogP contribution in [0.1, 0.15) is 21.5 Å². The molecular formula is C19H18N4O5S. The zero-order chi connectivity index (χ0) is 20.8. The van der Waals surface area contributed by atoms with E-state index >= 15 is 0 Å². The molecule has 2 heterocycles. The molecule has 2 aliphatic heterocycles. The fourth-order valence-electron chi connectivity index (χ4n) is 3.61. The highest BCUT2D eigenvalue weighted by atomic mass is 32.2. The number of amides is 1. The number of nitro benzene ring substituents is 1. The van der Waals surface area contributed by atoms with Crippen LogP contribution < -0.4 is 0 Å². The summed E-state index contributed by atoms with van der Waals surface area (Å²) < 4.78 is 28.4. The second kappa shape index (κ2) is 6.96. The molecule has 0 radical (unpaired) electrons. The van der Waals surface area contributed by atoms with Crippen LogP contribution in [0.25, 0.3) is 0 Å². The van der Waals surface area contributed by atoms with E-state index in [2.05, 4.69) is 4.40 Å². The number of nitrogens with zero attached hydrogens (tertiary/aromatic N) is 4. The van der Waals surface area contributed by atoms with Gasteiger partial charge in [0.15, 0.2) is 5.84 Å². The summed E-state index contributed by atoms with van der Waals surface area (Å²) in [5.74, 6) is 0.211. The number of nitro groups is 1. The molecule has 1 fully saturated rings. The van der Waals surface area contributed by atoms with Crippen LogP contribution >= 0.6 is 0 Å². The van der Waals surface area contributed by atoms with Gasteiger partial charge in [0.25, 0.3) is 21.6 Å². The number of sulfonamides is 1. The summed E-state index contributed by atoms with van der Waals surface area (Å²) in [6.45, 7) is 3.29. The molecular weight excluding hydrogens is 396 g/mol. The van der Waals surface area contributed by atoms with E-state index in [1.807, 2.05) is 4.90 Å². The minimum absolute atomic E-state index is 0.0227.